The van der Waals surface area contributed by atoms with E-state index in [1.807, 2.05) is 0 Å². The maximum atomic E-state index is 5.30. The van der Waals surface area contributed by atoms with Crippen molar-refractivity contribution in [2.75, 3.05) is 0 Å². The summed E-state index contributed by atoms with van der Waals surface area (Å²) in [6, 6.07) is 8.62. The van der Waals surface area contributed by atoms with Gasteiger partial charge in [0.25, 0.3) is 0 Å². The molecule has 1 nitrogen and oxygen atoms in total. The van der Waals surface area contributed by atoms with Crippen LogP contribution in [0, 0.1) is 12.3 Å². The Morgan fingerprint density at radius 3 is 2.93 bits per heavy atom. The van der Waals surface area contributed by atoms with Gasteiger partial charge in [0.15, 0.2) is 0 Å². The lowest BCUT2D eigenvalue weighted by molar-refractivity contribution is 0.746. The van der Waals surface area contributed by atoms with Crippen molar-refractivity contribution < 1.29 is 0 Å². The number of rotatable bonds is 3. The Kier molecular flexibility index (Phi) is 2.78. The van der Waals surface area contributed by atoms with Gasteiger partial charge < -0.3 is 4.57 Å². The van der Waals surface area contributed by atoms with Crippen molar-refractivity contribution in [3.63, 3.8) is 0 Å². The molecule has 1 heterocycles. The lowest BCUT2D eigenvalue weighted by Crippen LogP contribution is -1.97. The van der Waals surface area contributed by atoms with Gasteiger partial charge in [0.05, 0.1) is 5.52 Å². The van der Waals surface area contributed by atoms with Crippen LogP contribution in [0.5, 0.6) is 0 Å². The molecule has 0 saturated carbocycles. The van der Waals surface area contributed by atoms with Gasteiger partial charge in [-0.3, -0.25) is 0 Å². The highest BCUT2D eigenvalue weighted by molar-refractivity contribution is 5.83. The van der Waals surface area contributed by atoms with Crippen molar-refractivity contribution in [3.05, 3.63) is 36.0 Å². The standard InChI is InChI=1S/C14H15N/c1-3-5-10-15-11-9-13-8-6-7-12(4-2)14(13)15/h1,6-9,11H,4-5,10H2,2H3. The first-order chi connectivity index (χ1) is 7.36. The van der Waals surface area contributed by atoms with Crippen molar-refractivity contribution in [1.82, 2.24) is 4.57 Å². The third-order valence-electron chi connectivity index (χ3n) is 2.75. The van der Waals surface area contributed by atoms with Gasteiger partial charge in [0.1, 0.15) is 0 Å². The summed E-state index contributed by atoms with van der Waals surface area (Å²) in [4.78, 5) is 0. The molecular weight excluding hydrogens is 182 g/mol. The van der Waals surface area contributed by atoms with Gasteiger partial charge in [-0.25, -0.2) is 0 Å². The van der Waals surface area contributed by atoms with Crippen LogP contribution >= 0.6 is 0 Å². The van der Waals surface area contributed by atoms with E-state index in [2.05, 4.69) is 47.9 Å². The molecule has 15 heavy (non-hydrogen) atoms. The Morgan fingerprint density at radius 1 is 1.33 bits per heavy atom. The molecule has 0 amide bonds. The van der Waals surface area contributed by atoms with E-state index in [9.17, 15) is 0 Å². The smallest absolute Gasteiger partial charge is 0.0512 e. The molecule has 0 atom stereocenters. The van der Waals surface area contributed by atoms with E-state index in [0.29, 0.717) is 0 Å². The Labute approximate surface area is 90.7 Å². The second-order valence-electron chi connectivity index (χ2n) is 3.67. The van der Waals surface area contributed by atoms with Crippen molar-refractivity contribution in [1.29, 1.82) is 0 Å². The van der Waals surface area contributed by atoms with Gasteiger partial charge >= 0.3 is 0 Å². The first-order valence-electron chi connectivity index (χ1n) is 5.37. The van der Waals surface area contributed by atoms with Gasteiger partial charge in [0, 0.05) is 19.2 Å². The molecule has 0 radical (unpaired) electrons. The molecule has 1 aromatic carbocycles. The van der Waals surface area contributed by atoms with Crippen LogP contribution < -0.4 is 0 Å². The zero-order chi connectivity index (χ0) is 10.7. The fraction of sp³-hybridized carbons (Fsp3) is 0.286. The first kappa shape index (κ1) is 9.86. The molecule has 0 spiro atoms. The number of hydrogen-bond acceptors (Lipinski definition) is 0. The largest absolute Gasteiger partial charge is 0.346 e. The van der Waals surface area contributed by atoms with Crippen molar-refractivity contribution in [2.24, 2.45) is 0 Å². The molecule has 76 valence electrons. The van der Waals surface area contributed by atoms with E-state index < -0.39 is 0 Å². The first-order valence-corrected chi connectivity index (χ1v) is 5.37. The molecule has 1 heteroatoms. The zero-order valence-electron chi connectivity index (χ0n) is 9.03. The van der Waals surface area contributed by atoms with Crippen LogP contribution in [0.2, 0.25) is 0 Å². The molecule has 2 rings (SSSR count). The minimum absolute atomic E-state index is 0.793. The van der Waals surface area contributed by atoms with Crippen molar-refractivity contribution in [3.8, 4) is 12.3 Å². The SMILES string of the molecule is C#CCCn1ccc2cccc(CC)c21. The van der Waals surface area contributed by atoms with E-state index in [0.717, 1.165) is 19.4 Å². The molecule has 0 unspecified atom stereocenters. The van der Waals surface area contributed by atoms with Crippen LogP contribution in [0.1, 0.15) is 18.9 Å². The molecule has 2 aromatic rings. The number of fused-ring (bicyclic) bond motifs is 1. The summed E-state index contributed by atoms with van der Waals surface area (Å²) in [6.45, 7) is 3.10. The lowest BCUT2D eigenvalue weighted by atomic mass is 10.1. The molecule has 0 bridgehead atoms. The number of para-hydroxylation sites is 1. The summed E-state index contributed by atoms with van der Waals surface area (Å²) in [7, 11) is 0. The van der Waals surface area contributed by atoms with Crippen molar-refractivity contribution >= 4 is 10.9 Å². The molecule has 1 aromatic heterocycles. The number of aromatic nitrogens is 1. The van der Waals surface area contributed by atoms with Gasteiger partial charge in [0.2, 0.25) is 0 Å². The van der Waals surface area contributed by atoms with Gasteiger partial charge in [-0.15, -0.1) is 12.3 Å². The monoisotopic (exact) mass is 197 g/mol. The average molecular weight is 197 g/mol. The van der Waals surface area contributed by atoms with E-state index in [1.54, 1.807) is 0 Å². The zero-order valence-corrected chi connectivity index (χ0v) is 9.03. The van der Waals surface area contributed by atoms with Crippen molar-refractivity contribution in [2.45, 2.75) is 26.3 Å². The molecule has 0 N–H and O–H groups in total. The fourth-order valence-corrected chi connectivity index (χ4v) is 2.00. The maximum Gasteiger partial charge on any atom is 0.0512 e. The summed E-state index contributed by atoms with van der Waals surface area (Å²) in [5, 5.41) is 1.31. The van der Waals surface area contributed by atoms with E-state index in [-0.39, 0.29) is 0 Å². The van der Waals surface area contributed by atoms with Crippen LogP contribution in [-0.2, 0) is 13.0 Å². The Balaban J connectivity index is 2.51. The number of nitrogens with zero attached hydrogens (tertiary/aromatic N) is 1. The molecule has 0 aliphatic heterocycles. The highest BCUT2D eigenvalue weighted by Gasteiger charge is 2.03. The van der Waals surface area contributed by atoms with Gasteiger partial charge in [-0.1, -0.05) is 25.1 Å². The Morgan fingerprint density at radius 2 is 2.20 bits per heavy atom. The maximum absolute atomic E-state index is 5.30. The van der Waals surface area contributed by atoms with Gasteiger partial charge in [-0.2, -0.15) is 0 Å². The normalized spacial score (nSPS) is 10.4. The topological polar surface area (TPSA) is 4.93 Å². The Hall–Kier alpha value is -1.68. The number of hydrogen-bond donors (Lipinski definition) is 0. The third kappa shape index (κ3) is 1.76. The molecular formula is C14H15N. The van der Waals surface area contributed by atoms with Crippen LogP contribution in [-0.4, -0.2) is 4.57 Å². The predicted molar refractivity (Wildman–Crippen MR) is 64.8 cm³/mol. The molecule has 0 saturated heterocycles. The highest BCUT2D eigenvalue weighted by atomic mass is 14.9. The Bertz CT molecular complexity index is 500. The average Bonchev–Trinajstić information content (AvgIpc) is 2.69. The van der Waals surface area contributed by atoms with E-state index in [4.69, 9.17) is 6.42 Å². The molecule has 0 aliphatic rings. The third-order valence-corrected chi connectivity index (χ3v) is 2.75. The van der Waals surface area contributed by atoms with Crippen LogP contribution in [0.25, 0.3) is 10.9 Å². The number of terminal acetylenes is 1. The quantitative estimate of drug-likeness (QED) is 0.666. The summed E-state index contributed by atoms with van der Waals surface area (Å²) in [5.41, 5.74) is 2.74. The summed E-state index contributed by atoms with van der Waals surface area (Å²) in [5.74, 6) is 2.69. The van der Waals surface area contributed by atoms with Crippen LogP contribution in [0.4, 0.5) is 0 Å². The second kappa shape index (κ2) is 4.23. The lowest BCUT2D eigenvalue weighted by Gasteiger charge is -2.06. The van der Waals surface area contributed by atoms with E-state index in [1.165, 1.54) is 16.5 Å². The van der Waals surface area contributed by atoms with Gasteiger partial charge in [-0.05, 0) is 23.4 Å². The highest BCUT2D eigenvalue weighted by Crippen LogP contribution is 2.20. The minimum atomic E-state index is 0.793. The summed E-state index contributed by atoms with van der Waals surface area (Å²) >= 11 is 0. The van der Waals surface area contributed by atoms with Crippen LogP contribution in [0.15, 0.2) is 30.5 Å². The number of benzene rings is 1. The van der Waals surface area contributed by atoms with Crippen LogP contribution in [0.3, 0.4) is 0 Å². The summed E-state index contributed by atoms with van der Waals surface area (Å²) in [6.07, 6.45) is 9.28. The van der Waals surface area contributed by atoms with E-state index >= 15 is 0 Å². The second-order valence-corrected chi connectivity index (χ2v) is 3.67. The fourth-order valence-electron chi connectivity index (χ4n) is 2.00. The minimum Gasteiger partial charge on any atom is -0.346 e. The summed E-state index contributed by atoms with van der Waals surface area (Å²) < 4.78 is 2.26. The number of aryl methyl sites for hydroxylation is 2. The molecule has 0 fully saturated rings. The molecule has 0 aliphatic carbocycles. The predicted octanol–water partition coefficient (Wildman–Crippen LogP) is 3.23.